The van der Waals surface area contributed by atoms with Gasteiger partial charge in [-0.3, -0.25) is 0 Å². The first-order valence-electron chi connectivity index (χ1n) is 4.99. The second-order valence-electron chi connectivity index (χ2n) is 3.17. The zero-order valence-corrected chi connectivity index (χ0v) is 9.70. The summed E-state index contributed by atoms with van der Waals surface area (Å²) in [7, 11) is 1.38. The number of hydrogen-bond acceptors (Lipinski definition) is 5. The van der Waals surface area contributed by atoms with Gasteiger partial charge in [-0.1, -0.05) is 0 Å². The van der Waals surface area contributed by atoms with E-state index in [0.29, 0.717) is 0 Å². The highest BCUT2D eigenvalue weighted by Crippen LogP contribution is 2.27. The van der Waals surface area contributed by atoms with Gasteiger partial charge in [0.2, 0.25) is 11.7 Å². The van der Waals surface area contributed by atoms with Crippen LogP contribution in [0.1, 0.15) is 48.5 Å². The Morgan fingerprint density at radius 3 is 2.65 bits per heavy atom. The lowest BCUT2D eigenvalue weighted by Gasteiger charge is -2.02. The number of carbonyl (C=O) groups is 1. The molecule has 5 nitrogen and oxygen atoms in total. The molecule has 0 saturated carbocycles. The number of hydrogen-bond donors (Lipinski definition) is 0. The van der Waals surface area contributed by atoms with Crippen molar-refractivity contribution in [2.24, 2.45) is 0 Å². The van der Waals surface area contributed by atoms with Crippen LogP contribution in [0.4, 0.5) is 8.78 Å². The lowest BCUT2D eigenvalue weighted by atomic mass is 10.3. The van der Waals surface area contributed by atoms with Gasteiger partial charge >= 0.3 is 5.97 Å². The van der Waals surface area contributed by atoms with Gasteiger partial charge in [0.15, 0.2) is 5.69 Å². The van der Waals surface area contributed by atoms with Crippen molar-refractivity contribution in [1.82, 2.24) is 4.98 Å². The van der Waals surface area contributed by atoms with Gasteiger partial charge in [0.25, 0.3) is 6.43 Å². The highest BCUT2D eigenvalue weighted by Gasteiger charge is 2.29. The predicted molar refractivity (Wildman–Crippen MR) is 52.8 cm³/mol. The third-order valence-electron chi connectivity index (χ3n) is 2.04. The molecule has 0 aromatic carbocycles. The molecule has 0 amide bonds. The normalized spacial score (nSPS) is 12.8. The fraction of sp³-hybridized carbons (Fsp3) is 0.600. The Morgan fingerprint density at radius 2 is 2.18 bits per heavy atom. The van der Waals surface area contributed by atoms with Crippen LogP contribution >= 0.6 is 0 Å². The second-order valence-corrected chi connectivity index (χ2v) is 3.17. The molecule has 0 bridgehead atoms. The third-order valence-corrected chi connectivity index (χ3v) is 2.04. The van der Waals surface area contributed by atoms with Gasteiger partial charge in [0, 0.05) is 7.11 Å². The Balaban J connectivity index is 3.09. The number of oxazole rings is 1. The van der Waals surface area contributed by atoms with Crippen LogP contribution in [0.15, 0.2) is 4.42 Å². The number of nitrogens with zero attached hydrogens (tertiary/aromatic N) is 1. The van der Waals surface area contributed by atoms with Crippen molar-refractivity contribution in [3.05, 3.63) is 17.3 Å². The number of halogens is 2. The first-order valence-corrected chi connectivity index (χ1v) is 4.99. The number of aromatic nitrogens is 1. The Hall–Kier alpha value is -1.50. The van der Waals surface area contributed by atoms with Crippen molar-refractivity contribution in [1.29, 1.82) is 0 Å². The summed E-state index contributed by atoms with van der Waals surface area (Å²) in [5, 5.41) is 0. The Morgan fingerprint density at radius 1 is 1.53 bits per heavy atom. The molecule has 0 fully saturated rings. The monoisotopic (exact) mass is 249 g/mol. The van der Waals surface area contributed by atoms with E-state index >= 15 is 0 Å². The average Bonchev–Trinajstić information content (AvgIpc) is 2.73. The van der Waals surface area contributed by atoms with E-state index in [4.69, 9.17) is 9.15 Å². The third kappa shape index (κ3) is 3.00. The number of rotatable bonds is 5. The first-order chi connectivity index (χ1) is 8.01. The Kier molecular flexibility index (Phi) is 4.56. The van der Waals surface area contributed by atoms with E-state index < -0.39 is 30.0 Å². The molecule has 0 spiro atoms. The summed E-state index contributed by atoms with van der Waals surface area (Å²) in [5.41, 5.74) is -0.720. The summed E-state index contributed by atoms with van der Waals surface area (Å²) < 4.78 is 39.7. The number of alkyl halides is 2. The van der Waals surface area contributed by atoms with Gasteiger partial charge in [-0.2, -0.15) is 0 Å². The van der Waals surface area contributed by atoms with Gasteiger partial charge < -0.3 is 13.9 Å². The molecular weight excluding hydrogens is 236 g/mol. The molecule has 0 aliphatic heterocycles. The highest BCUT2D eigenvalue weighted by molar-refractivity contribution is 5.87. The van der Waals surface area contributed by atoms with Crippen LogP contribution in [0.2, 0.25) is 0 Å². The van der Waals surface area contributed by atoms with Crippen LogP contribution in [-0.4, -0.2) is 24.7 Å². The number of esters is 1. The molecule has 0 aliphatic rings. The van der Waals surface area contributed by atoms with E-state index in [9.17, 15) is 13.6 Å². The zero-order chi connectivity index (χ0) is 13.0. The van der Waals surface area contributed by atoms with Crippen LogP contribution in [0.25, 0.3) is 0 Å². The molecule has 17 heavy (non-hydrogen) atoms. The molecule has 7 heteroatoms. The van der Waals surface area contributed by atoms with E-state index in [0.717, 1.165) is 0 Å². The van der Waals surface area contributed by atoms with E-state index in [1.165, 1.54) is 7.11 Å². The van der Waals surface area contributed by atoms with Crippen LogP contribution in [0.5, 0.6) is 0 Å². The highest BCUT2D eigenvalue weighted by atomic mass is 19.3. The number of ether oxygens (including phenoxy) is 2. The molecule has 1 unspecified atom stereocenters. The summed E-state index contributed by atoms with van der Waals surface area (Å²) >= 11 is 0. The Labute approximate surface area is 96.7 Å². The quantitative estimate of drug-likeness (QED) is 0.750. The molecule has 96 valence electrons. The summed E-state index contributed by atoms with van der Waals surface area (Å²) in [6.07, 6.45) is -3.52. The zero-order valence-electron chi connectivity index (χ0n) is 9.70. The standard InChI is InChI=1S/C10H13F2NO4/c1-4-16-10(14)7-6(8(11)12)13-9(17-7)5(2)15-3/h5,8H,4H2,1-3H3. The fourth-order valence-electron chi connectivity index (χ4n) is 1.11. The van der Waals surface area contributed by atoms with Gasteiger partial charge in [0.05, 0.1) is 6.61 Å². The average molecular weight is 249 g/mol. The minimum absolute atomic E-state index is 0.0668. The molecular formula is C10H13F2NO4. The number of methoxy groups -OCH3 is 1. The summed E-state index contributed by atoms with van der Waals surface area (Å²) in [6, 6.07) is 0. The van der Waals surface area contributed by atoms with E-state index in [-0.39, 0.29) is 12.5 Å². The minimum atomic E-state index is -2.91. The molecule has 1 atom stereocenters. The van der Waals surface area contributed by atoms with E-state index in [1.807, 2.05) is 0 Å². The van der Waals surface area contributed by atoms with E-state index in [1.54, 1.807) is 13.8 Å². The number of carbonyl (C=O) groups excluding carboxylic acids is 1. The molecule has 0 aliphatic carbocycles. The van der Waals surface area contributed by atoms with Gasteiger partial charge in [-0.25, -0.2) is 18.6 Å². The van der Waals surface area contributed by atoms with Gasteiger partial charge in [-0.15, -0.1) is 0 Å². The van der Waals surface area contributed by atoms with Gasteiger partial charge in [0.1, 0.15) is 6.10 Å². The predicted octanol–water partition coefficient (Wildman–Crippen LogP) is 2.50. The summed E-state index contributed by atoms with van der Waals surface area (Å²) in [6.45, 7) is 3.20. The molecule has 0 radical (unpaired) electrons. The molecule has 1 aromatic heterocycles. The summed E-state index contributed by atoms with van der Waals surface area (Å²) in [4.78, 5) is 14.9. The van der Waals surface area contributed by atoms with E-state index in [2.05, 4.69) is 9.72 Å². The maximum atomic E-state index is 12.6. The smallest absolute Gasteiger partial charge is 0.376 e. The minimum Gasteiger partial charge on any atom is -0.460 e. The SMILES string of the molecule is CCOC(=O)c1oc(C(C)OC)nc1C(F)F. The molecule has 1 heterocycles. The molecule has 1 aromatic rings. The molecule has 0 N–H and O–H groups in total. The van der Waals surface area contributed by atoms with Crippen LogP contribution in [-0.2, 0) is 9.47 Å². The lowest BCUT2D eigenvalue weighted by molar-refractivity contribution is 0.0460. The molecule has 0 saturated heterocycles. The molecule has 1 rings (SSSR count). The van der Waals surface area contributed by atoms with Crippen molar-refractivity contribution in [3.63, 3.8) is 0 Å². The van der Waals surface area contributed by atoms with Crippen molar-refractivity contribution >= 4 is 5.97 Å². The van der Waals surface area contributed by atoms with Crippen molar-refractivity contribution in [2.75, 3.05) is 13.7 Å². The van der Waals surface area contributed by atoms with Crippen molar-refractivity contribution in [2.45, 2.75) is 26.4 Å². The fourth-order valence-corrected chi connectivity index (χ4v) is 1.11. The second kappa shape index (κ2) is 5.72. The topological polar surface area (TPSA) is 61.6 Å². The van der Waals surface area contributed by atoms with Crippen molar-refractivity contribution < 1.29 is 27.5 Å². The van der Waals surface area contributed by atoms with Crippen LogP contribution in [0.3, 0.4) is 0 Å². The van der Waals surface area contributed by atoms with Crippen molar-refractivity contribution in [3.8, 4) is 0 Å². The van der Waals surface area contributed by atoms with Crippen LogP contribution in [0, 0.1) is 0 Å². The first kappa shape index (κ1) is 13.6. The lowest BCUT2D eigenvalue weighted by Crippen LogP contribution is -2.06. The Bertz CT molecular complexity index is 392. The largest absolute Gasteiger partial charge is 0.460 e. The van der Waals surface area contributed by atoms with Crippen LogP contribution < -0.4 is 0 Å². The maximum Gasteiger partial charge on any atom is 0.376 e. The van der Waals surface area contributed by atoms with Gasteiger partial charge in [-0.05, 0) is 13.8 Å². The summed E-state index contributed by atoms with van der Waals surface area (Å²) in [5.74, 6) is -1.60. The maximum absolute atomic E-state index is 12.6.